The molecule has 92 valence electrons. The predicted molar refractivity (Wildman–Crippen MR) is 77.4 cm³/mol. The zero-order valence-corrected chi connectivity index (χ0v) is 10.5. The maximum atomic E-state index is 10.6. The Bertz CT molecular complexity index is 592. The van der Waals surface area contributed by atoms with Crippen LogP contribution in [-0.2, 0) is 4.79 Å². The van der Waals surface area contributed by atoms with Crippen molar-refractivity contribution in [3.8, 4) is 0 Å². The summed E-state index contributed by atoms with van der Waals surface area (Å²) < 4.78 is 0. The first-order valence-corrected chi connectivity index (χ1v) is 5.88. The summed E-state index contributed by atoms with van der Waals surface area (Å²) in [7, 11) is 0. The second kappa shape index (κ2) is 5.46. The molecule has 0 saturated carbocycles. The van der Waals surface area contributed by atoms with Crippen molar-refractivity contribution in [1.82, 2.24) is 5.32 Å². The van der Waals surface area contributed by atoms with Crippen molar-refractivity contribution in [1.29, 1.82) is 0 Å². The Morgan fingerprint density at radius 1 is 1.17 bits per heavy atom. The van der Waals surface area contributed by atoms with Gasteiger partial charge >= 0.3 is 0 Å². The minimum absolute atomic E-state index is 0.0244. The third-order valence-electron chi connectivity index (χ3n) is 2.46. The van der Waals surface area contributed by atoms with Crippen LogP contribution in [0.5, 0.6) is 0 Å². The first-order chi connectivity index (χ1) is 8.66. The van der Waals surface area contributed by atoms with Crippen molar-refractivity contribution >= 4 is 39.7 Å². The van der Waals surface area contributed by atoms with Crippen LogP contribution in [0.3, 0.4) is 0 Å². The molecule has 0 aliphatic heterocycles. The second-order valence-electron chi connectivity index (χ2n) is 3.80. The Morgan fingerprint density at radius 3 is 2.67 bits per heavy atom. The van der Waals surface area contributed by atoms with Gasteiger partial charge in [-0.2, -0.15) is 0 Å². The van der Waals surface area contributed by atoms with E-state index in [1.54, 1.807) is 0 Å². The molecule has 1 amide bonds. The number of thiocarbonyl (C=S) groups is 1. The first kappa shape index (κ1) is 12.3. The van der Waals surface area contributed by atoms with Gasteiger partial charge < -0.3 is 16.4 Å². The molecule has 4 N–H and O–H groups in total. The van der Waals surface area contributed by atoms with Crippen molar-refractivity contribution in [3.05, 3.63) is 42.5 Å². The fraction of sp³-hybridized carbons (Fsp3) is 0.0769. The van der Waals surface area contributed by atoms with Gasteiger partial charge in [0.1, 0.15) is 0 Å². The molecule has 0 aromatic heterocycles. The van der Waals surface area contributed by atoms with Crippen LogP contribution < -0.4 is 16.4 Å². The number of primary amides is 1. The molecule has 5 heteroatoms. The summed E-state index contributed by atoms with van der Waals surface area (Å²) in [6.07, 6.45) is 0. The van der Waals surface area contributed by atoms with Gasteiger partial charge in [-0.25, -0.2) is 0 Å². The van der Waals surface area contributed by atoms with Crippen molar-refractivity contribution in [3.63, 3.8) is 0 Å². The topological polar surface area (TPSA) is 67.2 Å². The highest BCUT2D eigenvalue weighted by molar-refractivity contribution is 7.80. The van der Waals surface area contributed by atoms with E-state index in [1.807, 2.05) is 42.5 Å². The van der Waals surface area contributed by atoms with Crippen LogP contribution in [0.25, 0.3) is 10.8 Å². The Hall–Kier alpha value is -2.14. The smallest absolute Gasteiger partial charge is 0.236 e. The summed E-state index contributed by atoms with van der Waals surface area (Å²) >= 11 is 5.09. The first-order valence-electron chi connectivity index (χ1n) is 5.48. The molecule has 0 atom stereocenters. The van der Waals surface area contributed by atoms with Crippen molar-refractivity contribution in [2.45, 2.75) is 0 Å². The van der Waals surface area contributed by atoms with E-state index in [9.17, 15) is 4.79 Å². The molecule has 2 rings (SSSR count). The van der Waals surface area contributed by atoms with Gasteiger partial charge in [-0.1, -0.05) is 36.4 Å². The number of hydrogen-bond donors (Lipinski definition) is 3. The number of rotatable bonds is 3. The van der Waals surface area contributed by atoms with Crippen molar-refractivity contribution in [2.75, 3.05) is 11.9 Å². The standard InChI is InChI=1S/C13H13N3OS/c14-12(17)8-15-13(18)16-11-7-3-5-9-4-1-2-6-10(9)11/h1-7H,8H2,(H2,14,17)(H2,15,16,18). The molecule has 0 bridgehead atoms. The van der Waals surface area contributed by atoms with Crippen LogP contribution in [-0.4, -0.2) is 17.6 Å². The minimum Gasteiger partial charge on any atom is -0.368 e. The van der Waals surface area contributed by atoms with E-state index in [0.717, 1.165) is 16.5 Å². The van der Waals surface area contributed by atoms with Crippen molar-refractivity contribution in [2.24, 2.45) is 5.73 Å². The number of hydrogen-bond acceptors (Lipinski definition) is 2. The Labute approximate surface area is 110 Å². The van der Waals surface area contributed by atoms with Gasteiger partial charge in [0, 0.05) is 11.1 Å². The second-order valence-corrected chi connectivity index (χ2v) is 4.21. The Morgan fingerprint density at radius 2 is 1.89 bits per heavy atom. The molecule has 0 unspecified atom stereocenters. The molecule has 0 spiro atoms. The Balaban J connectivity index is 2.16. The predicted octanol–water partition coefficient (Wildman–Crippen LogP) is 1.61. The number of fused-ring (bicyclic) bond motifs is 1. The molecular weight excluding hydrogens is 246 g/mol. The summed E-state index contributed by atoms with van der Waals surface area (Å²) in [4.78, 5) is 10.6. The number of benzene rings is 2. The van der Waals surface area contributed by atoms with Crippen LogP contribution >= 0.6 is 12.2 Å². The van der Waals surface area contributed by atoms with Gasteiger partial charge in [0.05, 0.1) is 6.54 Å². The van der Waals surface area contributed by atoms with E-state index < -0.39 is 5.91 Å². The summed E-state index contributed by atoms with van der Waals surface area (Å²) in [6, 6.07) is 13.9. The fourth-order valence-corrected chi connectivity index (χ4v) is 1.85. The number of amides is 1. The van der Waals surface area contributed by atoms with Gasteiger partial charge in [-0.15, -0.1) is 0 Å². The lowest BCUT2D eigenvalue weighted by Gasteiger charge is -2.11. The highest BCUT2D eigenvalue weighted by Gasteiger charge is 2.02. The monoisotopic (exact) mass is 259 g/mol. The summed E-state index contributed by atoms with van der Waals surface area (Å²) in [6.45, 7) is 0.0244. The number of carbonyl (C=O) groups excluding carboxylic acids is 1. The summed E-state index contributed by atoms with van der Waals surface area (Å²) in [5.41, 5.74) is 5.93. The minimum atomic E-state index is -0.447. The zero-order chi connectivity index (χ0) is 13.0. The van der Waals surface area contributed by atoms with E-state index >= 15 is 0 Å². The largest absolute Gasteiger partial charge is 0.368 e. The molecule has 4 nitrogen and oxygen atoms in total. The normalized spacial score (nSPS) is 10.0. The van der Waals surface area contributed by atoms with Gasteiger partial charge in [0.15, 0.2) is 5.11 Å². The van der Waals surface area contributed by atoms with Crippen molar-refractivity contribution < 1.29 is 4.79 Å². The number of carbonyl (C=O) groups is 1. The van der Waals surface area contributed by atoms with E-state index in [-0.39, 0.29) is 6.54 Å². The maximum Gasteiger partial charge on any atom is 0.236 e. The summed E-state index contributed by atoms with van der Waals surface area (Å²) in [5, 5.41) is 8.37. The molecule has 0 saturated heterocycles. The molecule has 18 heavy (non-hydrogen) atoms. The third kappa shape index (κ3) is 2.95. The average molecular weight is 259 g/mol. The lowest BCUT2D eigenvalue weighted by atomic mass is 10.1. The third-order valence-corrected chi connectivity index (χ3v) is 2.71. The zero-order valence-electron chi connectivity index (χ0n) is 9.64. The maximum absolute atomic E-state index is 10.6. The molecule has 0 radical (unpaired) electrons. The van der Waals surface area contributed by atoms with Crippen LogP contribution in [0, 0.1) is 0 Å². The van der Waals surface area contributed by atoms with Gasteiger partial charge in [0.25, 0.3) is 0 Å². The van der Waals surface area contributed by atoms with Gasteiger partial charge in [-0.05, 0) is 23.7 Å². The fourth-order valence-electron chi connectivity index (χ4n) is 1.67. The lowest BCUT2D eigenvalue weighted by Crippen LogP contribution is -2.36. The van der Waals surface area contributed by atoms with Crippen LogP contribution in [0.15, 0.2) is 42.5 Å². The average Bonchev–Trinajstić information content (AvgIpc) is 2.37. The van der Waals surface area contributed by atoms with Crippen LogP contribution in [0.4, 0.5) is 5.69 Å². The highest BCUT2D eigenvalue weighted by Crippen LogP contribution is 2.22. The molecule has 0 fully saturated rings. The van der Waals surface area contributed by atoms with E-state index in [0.29, 0.717) is 5.11 Å². The quantitative estimate of drug-likeness (QED) is 0.733. The molecule has 0 aliphatic carbocycles. The van der Waals surface area contributed by atoms with Crippen LogP contribution in [0.1, 0.15) is 0 Å². The Kier molecular flexibility index (Phi) is 3.74. The van der Waals surface area contributed by atoms with Crippen LogP contribution in [0.2, 0.25) is 0 Å². The van der Waals surface area contributed by atoms with Gasteiger partial charge in [0.2, 0.25) is 5.91 Å². The van der Waals surface area contributed by atoms with E-state index in [1.165, 1.54) is 0 Å². The number of nitrogens with one attached hydrogen (secondary N) is 2. The van der Waals surface area contributed by atoms with E-state index in [2.05, 4.69) is 10.6 Å². The lowest BCUT2D eigenvalue weighted by molar-refractivity contribution is -0.116. The molecule has 2 aromatic carbocycles. The highest BCUT2D eigenvalue weighted by atomic mass is 32.1. The molecule has 2 aromatic rings. The SMILES string of the molecule is NC(=O)CNC(=S)Nc1cccc2ccccc12. The molecule has 0 aliphatic rings. The molecular formula is C13H13N3OS. The van der Waals surface area contributed by atoms with Gasteiger partial charge in [-0.3, -0.25) is 4.79 Å². The van der Waals surface area contributed by atoms with E-state index in [4.69, 9.17) is 18.0 Å². The number of anilines is 1. The molecule has 0 heterocycles. The number of nitrogens with two attached hydrogens (primary N) is 1. The summed E-state index contributed by atoms with van der Waals surface area (Å²) in [5.74, 6) is -0.447.